The summed E-state index contributed by atoms with van der Waals surface area (Å²) in [5.74, 6) is 0.122. The van der Waals surface area contributed by atoms with Crippen molar-refractivity contribution in [3.05, 3.63) is 159 Å². The van der Waals surface area contributed by atoms with E-state index in [2.05, 4.69) is 34.3 Å². The first-order valence-electron chi connectivity index (χ1n) is 19.9. The van der Waals surface area contributed by atoms with Crippen LogP contribution >= 0.6 is 0 Å². The molecule has 4 aromatic carbocycles. The molecule has 12 nitrogen and oxygen atoms in total. The molecule has 0 aliphatic carbocycles. The Morgan fingerprint density at radius 2 is 1.67 bits per heavy atom. The van der Waals surface area contributed by atoms with Gasteiger partial charge in [-0.3, -0.25) is 14.6 Å². The number of oxazole rings is 1. The number of carbonyl (C=O) groups is 3. The molecule has 60 heavy (non-hydrogen) atoms. The summed E-state index contributed by atoms with van der Waals surface area (Å²) < 4.78 is 24.3. The number of amides is 2. The van der Waals surface area contributed by atoms with Crippen LogP contribution in [0.4, 0.5) is 0 Å². The van der Waals surface area contributed by atoms with Gasteiger partial charge in [0, 0.05) is 38.2 Å². The standard InChI is InChI=1S/C48H46N4O8/c1-27-7-6-8-33(19-27)25-57-38-15-13-35(14-16-38)44-26-58-42-22-36-21-41(52(24-37(36)23-43(42)60-44)47(54)45-30(4)59-31(5)50-45)46(53)51-40(48(55)56)20-32-9-11-34(12-10-32)39-17-18-49-29(3)28(39)2/h6-19,22-23,40-41,44H,20-21,24-26H2,1-5H3,(H,51,53)(H,55,56)/t40?,41-,44+/m0/s1. The normalized spacial score (nSPS) is 16.1. The first kappa shape index (κ1) is 39.9. The van der Waals surface area contributed by atoms with Gasteiger partial charge in [-0.25, -0.2) is 9.78 Å². The second kappa shape index (κ2) is 16.7. The number of aromatic nitrogens is 2. The number of nitrogens with zero attached hydrogens (tertiary/aromatic N) is 3. The highest BCUT2D eigenvalue weighted by atomic mass is 16.6. The van der Waals surface area contributed by atoms with E-state index in [4.69, 9.17) is 18.6 Å². The van der Waals surface area contributed by atoms with Crippen LogP contribution < -0.4 is 19.5 Å². The number of pyridine rings is 1. The van der Waals surface area contributed by atoms with Gasteiger partial charge in [0.05, 0.1) is 0 Å². The van der Waals surface area contributed by atoms with Gasteiger partial charge in [-0.15, -0.1) is 0 Å². The van der Waals surface area contributed by atoms with Crippen LogP contribution in [0.2, 0.25) is 0 Å². The largest absolute Gasteiger partial charge is 0.489 e. The summed E-state index contributed by atoms with van der Waals surface area (Å²) in [6.45, 7) is 10.1. The number of benzene rings is 4. The summed E-state index contributed by atoms with van der Waals surface area (Å²) in [6.07, 6.45) is 1.52. The van der Waals surface area contributed by atoms with Crippen molar-refractivity contribution in [2.75, 3.05) is 6.61 Å². The molecular formula is C48H46N4O8. The van der Waals surface area contributed by atoms with Gasteiger partial charge < -0.3 is 34.0 Å². The number of carboxylic acids is 1. The molecule has 3 atom stereocenters. The van der Waals surface area contributed by atoms with Gasteiger partial charge in [0.25, 0.3) is 5.91 Å². The molecule has 0 saturated heterocycles. The lowest BCUT2D eigenvalue weighted by molar-refractivity contribution is -0.142. The summed E-state index contributed by atoms with van der Waals surface area (Å²) in [6, 6.07) is 26.9. The van der Waals surface area contributed by atoms with E-state index in [-0.39, 0.29) is 31.7 Å². The van der Waals surface area contributed by atoms with Crippen LogP contribution in [0.15, 0.2) is 102 Å². The lowest BCUT2D eigenvalue weighted by Gasteiger charge is -2.37. The third-order valence-electron chi connectivity index (χ3n) is 11.2. The number of carbonyl (C=O) groups excluding carboxylic acids is 2. The molecule has 2 aromatic heterocycles. The summed E-state index contributed by atoms with van der Waals surface area (Å²) in [4.78, 5) is 51.1. The molecule has 306 valence electrons. The number of aryl methyl sites for hydroxylation is 4. The van der Waals surface area contributed by atoms with Crippen molar-refractivity contribution in [3.8, 4) is 28.4 Å². The Morgan fingerprint density at radius 3 is 2.38 bits per heavy atom. The van der Waals surface area contributed by atoms with E-state index in [1.54, 1.807) is 20.0 Å². The van der Waals surface area contributed by atoms with E-state index in [1.807, 2.05) is 92.7 Å². The van der Waals surface area contributed by atoms with Gasteiger partial charge in [0.2, 0.25) is 5.91 Å². The van der Waals surface area contributed by atoms with Crippen LogP contribution in [0, 0.1) is 34.6 Å². The Bertz CT molecular complexity index is 2580. The first-order chi connectivity index (χ1) is 28.9. The molecule has 0 fully saturated rings. The molecule has 8 rings (SSSR count). The average molecular weight is 807 g/mol. The minimum absolute atomic E-state index is 0.0392. The Kier molecular flexibility index (Phi) is 11.1. The molecule has 2 N–H and O–H groups in total. The van der Waals surface area contributed by atoms with Crippen molar-refractivity contribution < 1.29 is 38.1 Å². The van der Waals surface area contributed by atoms with E-state index in [0.717, 1.165) is 56.0 Å². The zero-order valence-corrected chi connectivity index (χ0v) is 34.2. The van der Waals surface area contributed by atoms with Gasteiger partial charge in [-0.1, -0.05) is 66.2 Å². The Morgan fingerprint density at radius 1 is 0.900 bits per heavy atom. The Hall–Kier alpha value is -6.95. The lowest BCUT2D eigenvalue weighted by atomic mass is 9.91. The summed E-state index contributed by atoms with van der Waals surface area (Å²) >= 11 is 0. The molecule has 6 aromatic rings. The third kappa shape index (κ3) is 8.45. The van der Waals surface area contributed by atoms with Crippen molar-refractivity contribution in [2.24, 2.45) is 0 Å². The first-order valence-corrected chi connectivity index (χ1v) is 19.9. The van der Waals surface area contributed by atoms with Gasteiger partial charge in [-0.05, 0) is 103 Å². The number of hydrogen-bond acceptors (Lipinski definition) is 9. The van der Waals surface area contributed by atoms with Crippen LogP contribution in [0.1, 0.15) is 72.9 Å². The maximum Gasteiger partial charge on any atom is 0.326 e. The predicted molar refractivity (Wildman–Crippen MR) is 223 cm³/mol. The van der Waals surface area contributed by atoms with Gasteiger partial charge in [-0.2, -0.15) is 0 Å². The summed E-state index contributed by atoms with van der Waals surface area (Å²) in [7, 11) is 0. The van der Waals surface area contributed by atoms with E-state index in [9.17, 15) is 19.5 Å². The molecule has 2 amide bonds. The van der Waals surface area contributed by atoms with E-state index in [0.29, 0.717) is 29.8 Å². The fraction of sp³-hybridized carbons (Fsp3) is 0.271. The van der Waals surface area contributed by atoms with E-state index < -0.39 is 36.0 Å². The maximum atomic E-state index is 14.2. The number of aliphatic carboxylic acids is 1. The zero-order valence-electron chi connectivity index (χ0n) is 34.2. The molecule has 2 aliphatic heterocycles. The summed E-state index contributed by atoms with van der Waals surface area (Å²) in [5, 5.41) is 13.0. The van der Waals surface area contributed by atoms with Gasteiger partial charge >= 0.3 is 5.97 Å². The average Bonchev–Trinajstić information content (AvgIpc) is 3.59. The minimum atomic E-state index is -1.26. The highest BCUT2D eigenvalue weighted by Gasteiger charge is 2.39. The fourth-order valence-electron chi connectivity index (χ4n) is 7.85. The van der Waals surface area contributed by atoms with Crippen molar-refractivity contribution in [3.63, 3.8) is 0 Å². The van der Waals surface area contributed by atoms with Crippen LogP contribution in [-0.4, -0.2) is 56.4 Å². The molecular weight excluding hydrogens is 761 g/mol. The number of fused-ring (bicyclic) bond motifs is 2. The number of rotatable bonds is 11. The number of hydrogen-bond donors (Lipinski definition) is 2. The zero-order chi connectivity index (χ0) is 42.1. The smallest absolute Gasteiger partial charge is 0.326 e. The second-order valence-electron chi connectivity index (χ2n) is 15.5. The topological polar surface area (TPSA) is 153 Å². The second-order valence-corrected chi connectivity index (χ2v) is 15.5. The molecule has 0 saturated carbocycles. The Balaban J connectivity index is 0.997. The highest BCUT2D eigenvalue weighted by molar-refractivity contribution is 5.98. The monoisotopic (exact) mass is 806 g/mol. The number of carboxylic acid groups (broad SMARTS) is 1. The molecule has 0 spiro atoms. The fourth-order valence-corrected chi connectivity index (χ4v) is 7.85. The van der Waals surface area contributed by atoms with Crippen molar-refractivity contribution in [2.45, 2.75) is 78.8 Å². The van der Waals surface area contributed by atoms with Crippen molar-refractivity contribution in [1.82, 2.24) is 20.2 Å². The molecule has 1 unspecified atom stereocenters. The number of ether oxygens (including phenoxy) is 3. The van der Waals surface area contributed by atoms with Crippen LogP contribution in [-0.2, 0) is 35.6 Å². The van der Waals surface area contributed by atoms with Gasteiger partial charge in [0.15, 0.2) is 29.2 Å². The van der Waals surface area contributed by atoms with Gasteiger partial charge in [0.1, 0.15) is 36.8 Å². The summed E-state index contributed by atoms with van der Waals surface area (Å²) in [5.41, 5.74) is 9.58. The number of nitrogens with one attached hydrogen (secondary N) is 1. The van der Waals surface area contributed by atoms with Crippen LogP contribution in [0.25, 0.3) is 11.1 Å². The molecule has 2 aliphatic rings. The van der Waals surface area contributed by atoms with E-state index >= 15 is 0 Å². The molecule has 0 radical (unpaired) electrons. The molecule has 12 heteroatoms. The third-order valence-corrected chi connectivity index (χ3v) is 11.2. The van der Waals surface area contributed by atoms with Crippen molar-refractivity contribution >= 4 is 17.8 Å². The minimum Gasteiger partial charge on any atom is -0.489 e. The SMILES string of the molecule is Cc1cccc(COc2ccc([C@H]3COc4cc5c(cc4O3)CN(C(=O)c3nc(C)oc3C)[C@H](C(=O)NC(Cc3ccc(-c4ccnc(C)c4C)cc3)C(=O)O)C5)cc2)c1. The molecule has 0 bridgehead atoms. The van der Waals surface area contributed by atoms with Crippen LogP contribution in [0.3, 0.4) is 0 Å². The highest BCUT2D eigenvalue weighted by Crippen LogP contribution is 2.41. The quantitative estimate of drug-likeness (QED) is 0.133. The lowest BCUT2D eigenvalue weighted by Crippen LogP contribution is -2.56. The Labute approximate surface area is 348 Å². The predicted octanol–water partition coefficient (Wildman–Crippen LogP) is 7.75. The maximum absolute atomic E-state index is 14.2. The van der Waals surface area contributed by atoms with Crippen LogP contribution in [0.5, 0.6) is 17.2 Å². The van der Waals surface area contributed by atoms with E-state index in [1.165, 1.54) is 10.5 Å². The molecule has 4 heterocycles. The van der Waals surface area contributed by atoms with Crippen molar-refractivity contribution in [1.29, 1.82) is 0 Å².